The van der Waals surface area contributed by atoms with Crippen LogP contribution in [0.15, 0.2) is 24.3 Å². The van der Waals surface area contributed by atoms with Crippen molar-refractivity contribution in [3.8, 4) is 0 Å². The van der Waals surface area contributed by atoms with Crippen LogP contribution in [0, 0.1) is 5.41 Å². The predicted octanol–water partition coefficient (Wildman–Crippen LogP) is 3.14. The summed E-state index contributed by atoms with van der Waals surface area (Å²) in [7, 11) is 0. The van der Waals surface area contributed by atoms with Crippen molar-refractivity contribution >= 4 is 0 Å². The van der Waals surface area contributed by atoms with Crippen LogP contribution in [0.25, 0.3) is 0 Å². The van der Waals surface area contributed by atoms with E-state index in [1.165, 1.54) is 24.0 Å². The monoisotopic (exact) mass is 203 g/mol. The molecule has 0 fully saturated rings. The Hall–Kier alpha value is -0.820. The Morgan fingerprint density at radius 3 is 2.47 bits per heavy atom. The van der Waals surface area contributed by atoms with Gasteiger partial charge in [-0.1, -0.05) is 45.0 Å². The molecule has 0 spiro atoms. The van der Waals surface area contributed by atoms with Crippen molar-refractivity contribution in [3.63, 3.8) is 0 Å². The Kier molecular flexibility index (Phi) is 2.83. The summed E-state index contributed by atoms with van der Waals surface area (Å²) in [5.74, 6) is 0. The van der Waals surface area contributed by atoms with E-state index in [9.17, 15) is 0 Å². The molecular weight excluding hydrogens is 182 g/mol. The molecule has 1 heteroatoms. The van der Waals surface area contributed by atoms with Crippen LogP contribution in [0.3, 0.4) is 0 Å². The Balaban J connectivity index is 2.15. The Bertz CT molecular complexity index is 308. The topological polar surface area (TPSA) is 12.0 Å². The van der Waals surface area contributed by atoms with Crippen molar-refractivity contribution < 1.29 is 0 Å². The van der Waals surface area contributed by atoms with Gasteiger partial charge < -0.3 is 5.32 Å². The summed E-state index contributed by atoms with van der Waals surface area (Å²) >= 11 is 0. The van der Waals surface area contributed by atoms with Crippen LogP contribution in [-0.4, -0.2) is 6.04 Å². The van der Waals surface area contributed by atoms with E-state index in [0.29, 0.717) is 11.5 Å². The molecule has 1 N–H and O–H groups in total. The van der Waals surface area contributed by atoms with Gasteiger partial charge in [0.1, 0.15) is 0 Å². The van der Waals surface area contributed by atoms with E-state index in [2.05, 4.69) is 50.4 Å². The van der Waals surface area contributed by atoms with Gasteiger partial charge >= 0.3 is 0 Å². The molecule has 0 aromatic heterocycles. The molecule has 82 valence electrons. The van der Waals surface area contributed by atoms with Crippen LogP contribution in [-0.2, 0) is 13.0 Å². The minimum atomic E-state index is 0.363. The molecule has 1 aliphatic heterocycles. The van der Waals surface area contributed by atoms with Crippen LogP contribution in [0.2, 0.25) is 0 Å². The summed E-state index contributed by atoms with van der Waals surface area (Å²) in [6.07, 6.45) is 2.46. The summed E-state index contributed by atoms with van der Waals surface area (Å²) in [6, 6.07) is 9.42. The van der Waals surface area contributed by atoms with Gasteiger partial charge in [-0.15, -0.1) is 0 Å². The number of benzene rings is 1. The Morgan fingerprint density at radius 1 is 1.13 bits per heavy atom. The van der Waals surface area contributed by atoms with Crippen LogP contribution in [0.4, 0.5) is 0 Å². The van der Waals surface area contributed by atoms with Crippen molar-refractivity contribution in [2.45, 2.75) is 46.2 Å². The second kappa shape index (κ2) is 3.97. The molecular formula is C14H21N. The zero-order chi connectivity index (χ0) is 10.9. The number of rotatable bonds is 0. The molecule has 1 aliphatic rings. The maximum atomic E-state index is 3.68. The molecule has 0 aliphatic carbocycles. The van der Waals surface area contributed by atoms with Gasteiger partial charge in [0.25, 0.3) is 0 Å². The summed E-state index contributed by atoms with van der Waals surface area (Å²) in [4.78, 5) is 0. The maximum Gasteiger partial charge on any atom is 0.0211 e. The quantitative estimate of drug-likeness (QED) is 0.683. The van der Waals surface area contributed by atoms with Gasteiger partial charge in [0.2, 0.25) is 0 Å². The first-order valence-electron chi connectivity index (χ1n) is 5.87. The van der Waals surface area contributed by atoms with E-state index in [-0.39, 0.29) is 0 Å². The lowest BCUT2D eigenvalue weighted by atomic mass is 9.84. The highest BCUT2D eigenvalue weighted by Crippen LogP contribution is 2.26. The predicted molar refractivity (Wildman–Crippen MR) is 64.8 cm³/mol. The second-order valence-corrected chi connectivity index (χ2v) is 5.61. The third-order valence-electron chi connectivity index (χ3n) is 3.41. The summed E-state index contributed by atoms with van der Waals surface area (Å²) < 4.78 is 0. The molecule has 1 nitrogen and oxygen atoms in total. The highest BCUT2D eigenvalue weighted by molar-refractivity contribution is 5.28. The minimum Gasteiger partial charge on any atom is -0.309 e. The fourth-order valence-electron chi connectivity index (χ4n) is 2.35. The number of hydrogen-bond donors (Lipinski definition) is 1. The van der Waals surface area contributed by atoms with E-state index in [4.69, 9.17) is 0 Å². The molecule has 15 heavy (non-hydrogen) atoms. The zero-order valence-corrected chi connectivity index (χ0v) is 10.0. The van der Waals surface area contributed by atoms with Crippen LogP contribution in [0.1, 0.15) is 38.3 Å². The van der Waals surface area contributed by atoms with Crippen molar-refractivity contribution in [2.24, 2.45) is 5.41 Å². The van der Waals surface area contributed by atoms with E-state index in [0.717, 1.165) is 6.54 Å². The highest BCUT2D eigenvalue weighted by Gasteiger charge is 2.25. The molecule has 0 saturated carbocycles. The van der Waals surface area contributed by atoms with Crippen molar-refractivity contribution in [2.75, 3.05) is 0 Å². The van der Waals surface area contributed by atoms with Gasteiger partial charge in [-0.3, -0.25) is 0 Å². The average Bonchev–Trinajstić information content (AvgIpc) is 2.38. The largest absolute Gasteiger partial charge is 0.309 e. The Morgan fingerprint density at radius 2 is 1.80 bits per heavy atom. The summed E-state index contributed by atoms with van der Waals surface area (Å²) in [6.45, 7) is 7.99. The molecule has 0 bridgehead atoms. The lowest BCUT2D eigenvalue weighted by molar-refractivity contribution is 0.258. The maximum absolute atomic E-state index is 3.68. The fraction of sp³-hybridized carbons (Fsp3) is 0.571. The smallest absolute Gasteiger partial charge is 0.0211 e. The first-order valence-corrected chi connectivity index (χ1v) is 5.87. The van der Waals surface area contributed by atoms with Gasteiger partial charge in [0.05, 0.1) is 0 Å². The highest BCUT2D eigenvalue weighted by atomic mass is 14.9. The van der Waals surface area contributed by atoms with Crippen LogP contribution >= 0.6 is 0 Å². The average molecular weight is 203 g/mol. The van der Waals surface area contributed by atoms with E-state index in [1.54, 1.807) is 0 Å². The Labute approximate surface area is 92.9 Å². The molecule has 0 saturated heterocycles. The number of fused-ring (bicyclic) bond motifs is 1. The molecule has 1 unspecified atom stereocenters. The van der Waals surface area contributed by atoms with Crippen LogP contribution < -0.4 is 5.32 Å². The van der Waals surface area contributed by atoms with Gasteiger partial charge in [-0.2, -0.15) is 0 Å². The van der Waals surface area contributed by atoms with E-state index in [1.807, 2.05) is 0 Å². The third-order valence-corrected chi connectivity index (χ3v) is 3.41. The molecule has 1 heterocycles. The molecule has 0 radical (unpaired) electrons. The fourth-order valence-corrected chi connectivity index (χ4v) is 2.35. The second-order valence-electron chi connectivity index (χ2n) is 5.61. The molecule has 1 aromatic carbocycles. The molecule has 1 aromatic rings. The van der Waals surface area contributed by atoms with Crippen molar-refractivity contribution in [1.82, 2.24) is 5.32 Å². The normalized spacial score (nSPS) is 21.9. The molecule has 1 atom stereocenters. The van der Waals surface area contributed by atoms with E-state index < -0.39 is 0 Å². The molecule has 2 rings (SSSR count). The van der Waals surface area contributed by atoms with Gasteiger partial charge in [0.15, 0.2) is 0 Å². The summed E-state index contributed by atoms with van der Waals surface area (Å²) in [5, 5.41) is 3.68. The van der Waals surface area contributed by atoms with Gasteiger partial charge in [0, 0.05) is 12.6 Å². The lowest BCUT2D eigenvalue weighted by Crippen LogP contribution is -2.39. The van der Waals surface area contributed by atoms with Crippen LogP contribution in [0.5, 0.6) is 0 Å². The third kappa shape index (κ3) is 2.40. The van der Waals surface area contributed by atoms with Crippen molar-refractivity contribution in [3.05, 3.63) is 35.4 Å². The summed E-state index contributed by atoms with van der Waals surface area (Å²) in [5.41, 5.74) is 3.36. The standard InChI is InChI=1S/C14H21N/c1-14(2,3)13-9-8-11-6-4-5-7-12(11)10-15-13/h4-7,13,15H,8-10H2,1-3H3. The number of hydrogen-bond acceptors (Lipinski definition) is 1. The zero-order valence-electron chi connectivity index (χ0n) is 10.0. The lowest BCUT2D eigenvalue weighted by Gasteiger charge is -2.30. The first kappa shape index (κ1) is 10.7. The van der Waals surface area contributed by atoms with Gasteiger partial charge in [-0.25, -0.2) is 0 Å². The first-order chi connectivity index (χ1) is 7.07. The molecule has 0 amide bonds. The minimum absolute atomic E-state index is 0.363. The number of aryl methyl sites for hydroxylation is 1. The van der Waals surface area contributed by atoms with E-state index >= 15 is 0 Å². The van der Waals surface area contributed by atoms with Crippen molar-refractivity contribution in [1.29, 1.82) is 0 Å². The SMILES string of the molecule is CC(C)(C)C1CCc2ccccc2CN1. The number of nitrogens with one attached hydrogen (secondary N) is 1. The van der Waals surface area contributed by atoms with Gasteiger partial charge in [-0.05, 0) is 29.4 Å².